The quantitative estimate of drug-likeness (QED) is 0.564. The van der Waals surface area contributed by atoms with E-state index in [1.807, 2.05) is 60.0 Å². The van der Waals surface area contributed by atoms with Crippen molar-refractivity contribution in [2.75, 3.05) is 0 Å². The third-order valence-electron chi connectivity index (χ3n) is 3.54. The van der Waals surface area contributed by atoms with Crippen LogP contribution in [-0.2, 0) is 0 Å². The Morgan fingerprint density at radius 2 is 1.90 bits per heavy atom. The van der Waals surface area contributed by atoms with Crippen LogP contribution < -0.4 is 0 Å². The lowest BCUT2D eigenvalue weighted by molar-refractivity contribution is 0.483. The van der Waals surface area contributed by atoms with Crippen molar-refractivity contribution in [2.24, 2.45) is 0 Å². The van der Waals surface area contributed by atoms with E-state index < -0.39 is 0 Å². The smallest absolute Gasteiger partial charge is 0.132 e. The topological polar surface area (TPSA) is 48.9 Å². The molecule has 0 saturated carbocycles. The normalized spacial score (nSPS) is 11.0. The van der Waals surface area contributed by atoms with Gasteiger partial charge in [0.2, 0.25) is 0 Å². The summed E-state index contributed by atoms with van der Waals surface area (Å²) >= 11 is 1.65. The number of hydrogen-bond donors (Lipinski definition) is 2. The predicted octanol–water partition coefficient (Wildman–Crippen LogP) is 4.66. The van der Waals surface area contributed by atoms with Crippen molar-refractivity contribution < 1.29 is 5.11 Å². The molecular weight excluding hydrogens is 280 g/mol. The van der Waals surface area contributed by atoms with Gasteiger partial charge in [0.1, 0.15) is 11.4 Å². The number of aromatic hydroxyl groups is 1. The van der Waals surface area contributed by atoms with Gasteiger partial charge in [0.05, 0.1) is 10.6 Å². The van der Waals surface area contributed by atoms with Gasteiger partial charge in [0.15, 0.2) is 0 Å². The highest BCUT2D eigenvalue weighted by Gasteiger charge is 2.12. The molecule has 2 heterocycles. The number of aromatic amines is 1. The van der Waals surface area contributed by atoms with E-state index in [0.29, 0.717) is 0 Å². The Hall–Kier alpha value is -2.59. The number of aromatic nitrogens is 2. The van der Waals surface area contributed by atoms with Crippen molar-refractivity contribution in [1.82, 2.24) is 10.2 Å². The van der Waals surface area contributed by atoms with Gasteiger partial charge >= 0.3 is 0 Å². The van der Waals surface area contributed by atoms with Crippen LogP contribution in [0.15, 0.2) is 60.0 Å². The van der Waals surface area contributed by atoms with Gasteiger partial charge in [0, 0.05) is 10.9 Å². The molecule has 2 aromatic carbocycles. The lowest BCUT2D eigenvalue weighted by atomic mass is 10.0. The number of benzene rings is 2. The molecule has 0 atom stereocenters. The molecule has 2 N–H and O–H groups in total. The monoisotopic (exact) mass is 292 g/mol. The van der Waals surface area contributed by atoms with Crippen LogP contribution in [0.4, 0.5) is 0 Å². The van der Waals surface area contributed by atoms with E-state index in [1.54, 1.807) is 11.3 Å². The molecule has 0 unspecified atom stereocenters. The molecule has 102 valence electrons. The maximum atomic E-state index is 10.5. The second kappa shape index (κ2) is 4.75. The van der Waals surface area contributed by atoms with Crippen LogP contribution in [0, 0.1) is 0 Å². The first kappa shape index (κ1) is 12.2. The van der Waals surface area contributed by atoms with E-state index in [2.05, 4.69) is 10.2 Å². The van der Waals surface area contributed by atoms with Crippen LogP contribution >= 0.6 is 11.3 Å². The number of nitrogens with zero attached hydrogens (tertiary/aromatic N) is 1. The maximum Gasteiger partial charge on any atom is 0.132 e. The third-order valence-corrected chi connectivity index (χ3v) is 4.43. The van der Waals surface area contributed by atoms with E-state index in [4.69, 9.17) is 0 Å². The molecule has 0 bridgehead atoms. The van der Waals surface area contributed by atoms with Crippen LogP contribution in [0.5, 0.6) is 5.75 Å². The number of fused-ring (bicyclic) bond motifs is 1. The second-order valence-corrected chi connectivity index (χ2v) is 5.77. The highest BCUT2D eigenvalue weighted by atomic mass is 32.1. The van der Waals surface area contributed by atoms with Crippen molar-refractivity contribution in [1.29, 1.82) is 0 Å². The summed E-state index contributed by atoms with van der Waals surface area (Å²) in [6.45, 7) is 0. The molecule has 0 saturated heterocycles. The molecule has 2 aromatic heterocycles. The fourth-order valence-electron chi connectivity index (χ4n) is 2.48. The lowest BCUT2D eigenvalue weighted by Gasteiger charge is -2.05. The molecule has 4 heteroatoms. The minimum Gasteiger partial charge on any atom is -0.507 e. The zero-order valence-electron chi connectivity index (χ0n) is 11.1. The summed E-state index contributed by atoms with van der Waals surface area (Å²) < 4.78 is 0. The first-order valence-electron chi connectivity index (χ1n) is 6.63. The van der Waals surface area contributed by atoms with E-state index >= 15 is 0 Å². The second-order valence-electron chi connectivity index (χ2n) is 4.83. The summed E-state index contributed by atoms with van der Waals surface area (Å²) in [4.78, 5) is 1.11. The highest BCUT2D eigenvalue weighted by Crippen LogP contribution is 2.36. The number of H-pyrrole nitrogens is 1. The number of hydrogen-bond acceptors (Lipinski definition) is 3. The molecular formula is C17H12N2OS. The molecule has 0 fully saturated rings. The Labute approximate surface area is 125 Å². The van der Waals surface area contributed by atoms with Gasteiger partial charge in [-0.15, -0.1) is 11.3 Å². The van der Waals surface area contributed by atoms with Crippen molar-refractivity contribution in [3.63, 3.8) is 0 Å². The highest BCUT2D eigenvalue weighted by molar-refractivity contribution is 7.13. The van der Waals surface area contributed by atoms with Gasteiger partial charge < -0.3 is 5.11 Å². The van der Waals surface area contributed by atoms with Gasteiger partial charge in [-0.2, -0.15) is 5.10 Å². The average molecular weight is 292 g/mol. The summed E-state index contributed by atoms with van der Waals surface area (Å²) in [7, 11) is 0. The minimum atomic E-state index is 0.287. The van der Waals surface area contributed by atoms with E-state index in [9.17, 15) is 5.11 Å². The molecule has 3 nitrogen and oxygen atoms in total. The first-order chi connectivity index (χ1) is 10.3. The largest absolute Gasteiger partial charge is 0.507 e. The van der Waals surface area contributed by atoms with Crippen molar-refractivity contribution >= 4 is 22.1 Å². The lowest BCUT2D eigenvalue weighted by Crippen LogP contribution is -1.81. The summed E-state index contributed by atoms with van der Waals surface area (Å²) in [6, 6.07) is 17.7. The molecule has 0 amide bonds. The zero-order chi connectivity index (χ0) is 14.2. The molecule has 4 rings (SSSR count). The molecule has 0 radical (unpaired) electrons. The molecule has 0 aliphatic heterocycles. The molecule has 4 aromatic rings. The molecule has 0 aliphatic carbocycles. The fraction of sp³-hybridized carbons (Fsp3) is 0. The summed E-state index contributed by atoms with van der Waals surface area (Å²) in [5, 5.41) is 21.7. The van der Waals surface area contributed by atoms with Crippen LogP contribution in [0.25, 0.3) is 32.6 Å². The fourth-order valence-corrected chi connectivity index (χ4v) is 3.17. The van der Waals surface area contributed by atoms with E-state index in [1.165, 1.54) is 0 Å². The van der Waals surface area contributed by atoms with Gasteiger partial charge in [-0.1, -0.05) is 36.4 Å². The standard InChI is InChI=1S/C17H12N2OS/c20-17-12-5-2-1-4-11(12)7-8-13(17)14-10-15(19-18-14)16-6-3-9-21-16/h1-10,20H,(H,18,19). The average Bonchev–Trinajstić information content (AvgIpc) is 3.19. The van der Waals surface area contributed by atoms with Gasteiger partial charge in [0.25, 0.3) is 0 Å². The van der Waals surface area contributed by atoms with Crippen LogP contribution in [0.1, 0.15) is 0 Å². The summed E-state index contributed by atoms with van der Waals surface area (Å²) in [5.41, 5.74) is 2.48. The Bertz CT molecular complexity index is 910. The molecule has 21 heavy (non-hydrogen) atoms. The van der Waals surface area contributed by atoms with Crippen molar-refractivity contribution in [2.45, 2.75) is 0 Å². The van der Waals surface area contributed by atoms with Gasteiger partial charge in [-0.3, -0.25) is 5.10 Å². The summed E-state index contributed by atoms with van der Waals surface area (Å²) in [6.07, 6.45) is 0. The van der Waals surface area contributed by atoms with Crippen LogP contribution in [-0.4, -0.2) is 15.3 Å². The number of nitrogens with one attached hydrogen (secondary N) is 1. The van der Waals surface area contributed by atoms with E-state index in [-0.39, 0.29) is 5.75 Å². The summed E-state index contributed by atoms with van der Waals surface area (Å²) in [5.74, 6) is 0.287. The third kappa shape index (κ3) is 2.00. The van der Waals surface area contributed by atoms with Crippen LogP contribution in [0.2, 0.25) is 0 Å². The number of phenolic OH excluding ortho intramolecular Hbond substituents is 1. The zero-order valence-corrected chi connectivity index (χ0v) is 11.9. The Kier molecular flexibility index (Phi) is 2.75. The minimum absolute atomic E-state index is 0.287. The SMILES string of the molecule is Oc1c(-c2cc(-c3cccs3)n[nH]2)ccc2ccccc12. The Morgan fingerprint density at radius 1 is 1.00 bits per heavy atom. The number of thiophene rings is 1. The van der Waals surface area contributed by atoms with Crippen LogP contribution in [0.3, 0.4) is 0 Å². The number of rotatable bonds is 2. The first-order valence-corrected chi connectivity index (χ1v) is 7.51. The van der Waals surface area contributed by atoms with Gasteiger partial charge in [-0.25, -0.2) is 0 Å². The van der Waals surface area contributed by atoms with Gasteiger partial charge in [-0.05, 0) is 29.0 Å². The van der Waals surface area contributed by atoms with Crippen molar-refractivity contribution in [3.05, 3.63) is 60.0 Å². The molecule has 0 aliphatic rings. The number of phenols is 1. The Morgan fingerprint density at radius 3 is 2.76 bits per heavy atom. The Balaban J connectivity index is 1.85. The van der Waals surface area contributed by atoms with Crippen molar-refractivity contribution in [3.8, 4) is 27.6 Å². The van der Waals surface area contributed by atoms with E-state index in [0.717, 1.165) is 32.6 Å². The molecule has 0 spiro atoms. The predicted molar refractivity (Wildman–Crippen MR) is 86.5 cm³/mol. The maximum absolute atomic E-state index is 10.5.